The van der Waals surface area contributed by atoms with Crippen LogP contribution in [0.4, 0.5) is 24.7 Å². The number of halogens is 3. The van der Waals surface area contributed by atoms with E-state index in [1.807, 2.05) is 37.8 Å². The SMILES string of the molecule is Cc1cc(C)c(NC(=O)CN2CCCN(c3ccc(C(F)(F)F)cn3)CC2)c(C)c1. The quantitative estimate of drug-likeness (QED) is 0.806. The van der Waals surface area contributed by atoms with E-state index in [-0.39, 0.29) is 12.5 Å². The van der Waals surface area contributed by atoms with Gasteiger partial charge in [0, 0.05) is 38.1 Å². The van der Waals surface area contributed by atoms with Crippen LogP contribution >= 0.6 is 0 Å². The van der Waals surface area contributed by atoms with Gasteiger partial charge >= 0.3 is 6.18 Å². The average molecular weight is 420 g/mol. The normalized spacial score (nSPS) is 15.7. The van der Waals surface area contributed by atoms with E-state index in [1.54, 1.807) is 0 Å². The van der Waals surface area contributed by atoms with E-state index >= 15 is 0 Å². The maximum absolute atomic E-state index is 12.7. The number of aromatic nitrogens is 1. The second-order valence-corrected chi connectivity index (χ2v) is 7.84. The van der Waals surface area contributed by atoms with Gasteiger partial charge in [-0.05, 0) is 50.5 Å². The van der Waals surface area contributed by atoms with Crippen molar-refractivity contribution in [3.63, 3.8) is 0 Å². The minimum atomic E-state index is -4.39. The highest BCUT2D eigenvalue weighted by molar-refractivity contribution is 5.93. The van der Waals surface area contributed by atoms with Gasteiger partial charge in [0.15, 0.2) is 0 Å². The molecule has 0 spiro atoms. The van der Waals surface area contributed by atoms with Crippen molar-refractivity contribution >= 4 is 17.4 Å². The molecule has 0 saturated carbocycles. The number of benzene rings is 1. The number of hydrogen-bond acceptors (Lipinski definition) is 4. The number of carbonyl (C=O) groups is 1. The number of rotatable bonds is 4. The third-order valence-electron chi connectivity index (χ3n) is 5.30. The van der Waals surface area contributed by atoms with Gasteiger partial charge in [-0.1, -0.05) is 17.7 Å². The predicted octanol–water partition coefficient (Wildman–Crippen LogP) is 4.18. The van der Waals surface area contributed by atoms with Crippen LogP contribution in [-0.4, -0.2) is 48.5 Å². The van der Waals surface area contributed by atoms with Crippen LogP contribution in [0.3, 0.4) is 0 Å². The molecule has 0 atom stereocenters. The maximum Gasteiger partial charge on any atom is 0.417 e. The molecule has 5 nitrogen and oxygen atoms in total. The fourth-order valence-electron chi connectivity index (χ4n) is 3.86. The first-order valence-electron chi connectivity index (χ1n) is 10.0. The Balaban J connectivity index is 1.57. The molecule has 0 unspecified atom stereocenters. The molecule has 3 rings (SSSR count). The molecule has 1 fully saturated rings. The van der Waals surface area contributed by atoms with Crippen molar-refractivity contribution in [1.29, 1.82) is 0 Å². The molecule has 1 aromatic heterocycles. The molecular weight excluding hydrogens is 393 g/mol. The zero-order valence-corrected chi connectivity index (χ0v) is 17.5. The van der Waals surface area contributed by atoms with Gasteiger partial charge in [0.1, 0.15) is 5.82 Å². The second kappa shape index (κ2) is 9.04. The summed E-state index contributed by atoms with van der Waals surface area (Å²) in [6.45, 7) is 8.95. The Hall–Kier alpha value is -2.61. The number of nitrogens with zero attached hydrogens (tertiary/aromatic N) is 3. The zero-order valence-electron chi connectivity index (χ0n) is 17.5. The van der Waals surface area contributed by atoms with Crippen molar-refractivity contribution in [3.05, 3.63) is 52.7 Å². The van der Waals surface area contributed by atoms with Crippen LogP contribution in [0.25, 0.3) is 0 Å². The summed E-state index contributed by atoms with van der Waals surface area (Å²) in [5.74, 6) is 0.464. The molecule has 1 aliphatic heterocycles. The fraction of sp³-hybridized carbons (Fsp3) is 0.455. The van der Waals surface area contributed by atoms with Gasteiger partial charge in [-0.3, -0.25) is 9.69 Å². The number of pyridine rings is 1. The Morgan fingerprint density at radius 2 is 1.77 bits per heavy atom. The number of nitrogens with one attached hydrogen (secondary N) is 1. The first-order valence-corrected chi connectivity index (χ1v) is 10.0. The number of anilines is 2. The number of alkyl halides is 3. The lowest BCUT2D eigenvalue weighted by atomic mass is 10.1. The zero-order chi connectivity index (χ0) is 21.9. The molecule has 8 heteroatoms. The van der Waals surface area contributed by atoms with Crippen molar-refractivity contribution in [2.45, 2.75) is 33.4 Å². The molecule has 0 aliphatic carbocycles. The second-order valence-electron chi connectivity index (χ2n) is 7.84. The van der Waals surface area contributed by atoms with Crippen LogP contribution in [0.5, 0.6) is 0 Å². The fourth-order valence-corrected chi connectivity index (χ4v) is 3.86. The van der Waals surface area contributed by atoms with Crippen LogP contribution in [-0.2, 0) is 11.0 Å². The van der Waals surface area contributed by atoms with Crippen molar-refractivity contribution in [2.75, 3.05) is 42.9 Å². The Morgan fingerprint density at radius 3 is 2.37 bits per heavy atom. The molecule has 0 radical (unpaired) electrons. The van der Waals surface area contributed by atoms with Crippen molar-refractivity contribution in [1.82, 2.24) is 9.88 Å². The summed E-state index contributed by atoms with van der Waals surface area (Å²) in [5.41, 5.74) is 3.34. The third kappa shape index (κ3) is 5.50. The molecule has 162 valence electrons. The third-order valence-corrected chi connectivity index (χ3v) is 5.30. The molecule has 1 aromatic carbocycles. The molecule has 0 bridgehead atoms. The molecule has 1 N–H and O–H groups in total. The molecular formula is C22H27F3N4O. The van der Waals surface area contributed by atoms with Gasteiger partial charge in [-0.25, -0.2) is 4.98 Å². The lowest BCUT2D eigenvalue weighted by Gasteiger charge is -2.23. The maximum atomic E-state index is 12.7. The minimum Gasteiger partial charge on any atom is -0.355 e. The Bertz CT molecular complexity index is 873. The minimum absolute atomic E-state index is 0.0637. The number of amides is 1. The highest BCUT2D eigenvalue weighted by Crippen LogP contribution is 2.29. The van der Waals surface area contributed by atoms with Crippen LogP contribution < -0.4 is 10.2 Å². The van der Waals surface area contributed by atoms with Gasteiger partial charge in [0.2, 0.25) is 5.91 Å². The largest absolute Gasteiger partial charge is 0.417 e. The summed E-state index contributed by atoms with van der Waals surface area (Å²) in [4.78, 5) is 20.6. The van der Waals surface area contributed by atoms with Crippen molar-refractivity contribution in [2.24, 2.45) is 0 Å². The first-order chi connectivity index (χ1) is 14.1. The highest BCUT2D eigenvalue weighted by Gasteiger charge is 2.31. The number of aryl methyl sites for hydroxylation is 3. The van der Waals surface area contributed by atoms with E-state index in [0.29, 0.717) is 25.5 Å². The standard InChI is InChI=1S/C22H27F3N4O/c1-15-11-16(2)21(17(3)12-15)27-20(30)14-28-7-4-8-29(10-9-28)19-6-5-18(13-26-19)22(23,24)25/h5-6,11-13H,4,7-10,14H2,1-3H3,(H,27,30). The lowest BCUT2D eigenvalue weighted by molar-refractivity contribution is -0.137. The van der Waals surface area contributed by atoms with E-state index in [1.165, 1.54) is 6.07 Å². The molecule has 1 saturated heterocycles. The average Bonchev–Trinajstić information content (AvgIpc) is 2.89. The van der Waals surface area contributed by atoms with E-state index in [9.17, 15) is 18.0 Å². The van der Waals surface area contributed by atoms with Crippen LogP contribution in [0, 0.1) is 20.8 Å². The van der Waals surface area contributed by atoms with Gasteiger partial charge in [-0.2, -0.15) is 13.2 Å². The van der Waals surface area contributed by atoms with E-state index < -0.39 is 11.7 Å². The van der Waals surface area contributed by atoms with Crippen LogP contribution in [0.2, 0.25) is 0 Å². The predicted molar refractivity (Wildman–Crippen MR) is 112 cm³/mol. The molecule has 30 heavy (non-hydrogen) atoms. The number of carbonyl (C=O) groups excluding carboxylic acids is 1. The summed E-state index contributed by atoms with van der Waals surface area (Å²) in [5, 5.41) is 3.02. The molecule has 1 aliphatic rings. The van der Waals surface area contributed by atoms with Crippen LogP contribution in [0.1, 0.15) is 28.7 Å². The highest BCUT2D eigenvalue weighted by atomic mass is 19.4. The summed E-state index contributed by atoms with van der Waals surface area (Å²) < 4.78 is 38.2. The van der Waals surface area contributed by atoms with Gasteiger partial charge in [0.25, 0.3) is 0 Å². The Labute approximate surface area is 174 Å². The smallest absolute Gasteiger partial charge is 0.355 e. The van der Waals surface area contributed by atoms with Gasteiger partial charge in [-0.15, -0.1) is 0 Å². The Morgan fingerprint density at radius 1 is 1.07 bits per heavy atom. The summed E-state index contributed by atoms with van der Waals surface area (Å²) in [6.07, 6.45) is -2.71. The topological polar surface area (TPSA) is 48.5 Å². The Kier molecular flexibility index (Phi) is 6.65. The summed E-state index contributed by atoms with van der Waals surface area (Å²) >= 11 is 0. The monoisotopic (exact) mass is 420 g/mol. The van der Waals surface area contributed by atoms with Gasteiger partial charge < -0.3 is 10.2 Å². The van der Waals surface area contributed by atoms with E-state index in [4.69, 9.17) is 0 Å². The summed E-state index contributed by atoms with van der Waals surface area (Å²) in [7, 11) is 0. The first kappa shape index (κ1) is 22.1. The summed E-state index contributed by atoms with van der Waals surface area (Å²) in [6, 6.07) is 6.56. The van der Waals surface area contributed by atoms with E-state index in [0.717, 1.165) is 47.6 Å². The van der Waals surface area contributed by atoms with Crippen LogP contribution in [0.15, 0.2) is 30.5 Å². The molecule has 2 aromatic rings. The van der Waals surface area contributed by atoms with E-state index in [2.05, 4.69) is 15.2 Å². The molecule has 2 heterocycles. The van der Waals surface area contributed by atoms with Crippen molar-refractivity contribution in [3.8, 4) is 0 Å². The van der Waals surface area contributed by atoms with Gasteiger partial charge in [0.05, 0.1) is 12.1 Å². The van der Waals surface area contributed by atoms with Crippen molar-refractivity contribution < 1.29 is 18.0 Å². The molecule has 1 amide bonds. The lowest BCUT2D eigenvalue weighted by Crippen LogP contribution is -2.36. The number of hydrogen-bond donors (Lipinski definition) is 1.